The molecule has 0 aliphatic rings. The molecule has 0 aliphatic heterocycles. The van der Waals surface area contributed by atoms with Crippen molar-refractivity contribution in [3.63, 3.8) is 0 Å². The SMILES string of the molecule is CC(C)CCNC(=O)[C@H](Cc1ccccc1)NS(=O)(=O)c1ccc(Br)cc1. The van der Waals surface area contributed by atoms with E-state index in [4.69, 9.17) is 0 Å². The fraction of sp³-hybridized carbons (Fsp3) is 0.350. The van der Waals surface area contributed by atoms with Gasteiger partial charge in [0.2, 0.25) is 15.9 Å². The van der Waals surface area contributed by atoms with E-state index < -0.39 is 16.1 Å². The van der Waals surface area contributed by atoms with E-state index in [1.165, 1.54) is 12.1 Å². The van der Waals surface area contributed by atoms with Crippen molar-refractivity contribution in [2.24, 2.45) is 5.92 Å². The van der Waals surface area contributed by atoms with Crippen molar-refractivity contribution in [3.05, 3.63) is 64.6 Å². The zero-order valence-electron chi connectivity index (χ0n) is 15.5. The zero-order valence-corrected chi connectivity index (χ0v) is 17.9. The van der Waals surface area contributed by atoms with Gasteiger partial charge in [0.05, 0.1) is 4.90 Å². The van der Waals surface area contributed by atoms with E-state index >= 15 is 0 Å². The van der Waals surface area contributed by atoms with Crippen LogP contribution in [0.4, 0.5) is 0 Å². The highest BCUT2D eigenvalue weighted by Gasteiger charge is 2.26. The van der Waals surface area contributed by atoms with Gasteiger partial charge < -0.3 is 5.32 Å². The molecule has 1 amide bonds. The minimum Gasteiger partial charge on any atom is -0.355 e. The molecule has 0 bridgehead atoms. The van der Waals surface area contributed by atoms with Gasteiger partial charge in [-0.25, -0.2) is 8.42 Å². The van der Waals surface area contributed by atoms with Crippen LogP contribution in [0, 0.1) is 5.92 Å². The molecule has 0 aromatic heterocycles. The number of nitrogens with one attached hydrogen (secondary N) is 2. The van der Waals surface area contributed by atoms with Gasteiger partial charge in [-0.1, -0.05) is 60.1 Å². The third-order valence-electron chi connectivity index (χ3n) is 4.04. The molecular formula is C20H25BrN2O3S. The molecule has 0 spiro atoms. The first-order chi connectivity index (χ1) is 12.8. The summed E-state index contributed by atoms with van der Waals surface area (Å²) in [7, 11) is -3.81. The lowest BCUT2D eigenvalue weighted by Crippen LogP contribution is -2.48. The largest absolute Gasteiger partial charge is 0.355 e. The Balaban J connectivity index is 2.17. The summed E-state index contributed by atoms with van der Waals surface area (Å²) in [5.41, 5.74) is 0.889. The Kier molecular flexibility index (Phi) is 8.01. The molecule has 2 aromatic carbocycles. The average molecular weight is 453 g/mol. The molecule has 0 heterocycles. The van der Waals surface area contributed by atoms with E-state index in [9.17, 15) is 13.2 Å². The van der Waals surface area contributed by atoms with Crippen LogP contribution in [0.3, 0.4) is 0 Å². The molecule has 0 saturated carbocycles. The number of amides is 1. The second-order valence-electron chi connectivity index (χ2n) is 6.79. The monoisotopic (exact) mass is 452 g/mol. The van der Waals surface area contributed by atoms with Crippen molar-refractivity contribution >= 4 is 31.9 Å². The van der Waals surface area contributed by atoms with Gasteiger partial charge >= 0.3 is 0 Å². The minimum atomic E-state index is -3.81. The number of halogens is 1. The van der Waals surface area contributed by atoms with Gasteiger partial charge in [-0.05, 0) is 48.6 Å². The van der Waals surface area contributed by atoms with E-state index in [2.05, 4.69) is 39.8 Å². The Hall–Kier alpha value is -1.70. The van der Waals surface area contributed by atoms with Crippen molar-refractivity contribution in [2.45, 2.75) is 37.6 Å². The number of hydrogen-bond acceptors (Lipinski definition) is 3. The molecule has 27 heavy (non-hydrogen) atoms. The second-order valence-corrected chi connectivity index (χ2v) is 9.42. The third-order valence-corrected chi connectivity index (χ3v) is 6.06. The fourth-order valence-corrected chi connectivity index (χ4v) is 3.97. The summed E-state index contributed by atoms with van der Waals surface area (Å²) in [6.07, 6.45) is 1.12. The van der Waals surface area contributed by atoms with Crippen molar-refractivity contribution in [3.8, 4) is 0 Å². The van der Waals surface area contributed by atoms with Crippen LogP contribution in [0.2, 0.25) is 0 Å². The summed E-state index contributed by atoms with van der Waals surface area (Å²) in [5, 5.41) is 2.84. The smallest absolute Gasteiger partial charge is 0.241 e. The van der Waals surface area contributed by atoms with Crippen LogP contribution in [0.25, 0.3) is 0 Å². The Morgan fingerprint density at radius 1 is 1.04 bits per heavy atom. The van der Waals surface area contributed by atoms with E-state index in [-0.39, 0.29) is 17.2 Å². The molecule has 2 aromatic rings. The lowest BCUT2D eigenvalue weighted by molar-refractivity contribution is -0.122. The van der Waals surface area contributed by atoms with Crippen LogP contribution in [0.1, 0.15) is 25.8 Å². The maximum absolute atomic E-state index is 12.7. The van der Waals surface area contributed by atoms with Crippen molar-refractivity contribution in [2.75, 3.05) is 6.54 Å². The Morgan fingerprint density at radius 2 is 1.67 bits per heavy atom. The number of hydrogen-bond donors (Lipinski definition) is 2. The van der Waals surface area contributed by atoms with Crippen molar-refractivity contribution < 1.29 is 13.2 Å². The highest BCUT2D eigenvalue weighted by atomic mass is 79.9. The summed E-state index contributed by atoms with van der Waals surface area (Å²) in [6, 6.07) is 14.8. The second kappa shape index (κ2) is 10.0. The van der Waals surface area contributed by atoms with Crippen LogP contribution in [-0.4, -0.2) is 26.9 Å². The van der Waals surface area contributed by atoms with Crippen molar-refractivity contribution in [1.29, 1.82) is 0 Å². The fourth-order valence-electron chi connectivity index (χ4n) is 2.51. The van der Waals surface area contributed by atoms with Gasteiger partial charge in [0.1, 0.15) is 6.04 Å². The van der Waals surface area contributed by atoms with E-state index in [1.54, 1.807) is 12.1 Å². The quantitative estimate of drug-likeness (QED) is 0.611. The number of rotatable bonds is 9. The molecule has 2 rings (SSSR count). The van der Waals surface area contributed by atoms with Crippen LogP contribution in [0.5, 0.6) is 0 Å². The number of carbonyl (C=O) groups excluding carboxylic acids is 1. The first kappa shape index (κ1) is 21.6. The lowest BCUT2D eigenvalue weighted by atomic mass is 10.1. The normalized spacial score (nSPS) is 12.7. The highest BCUT2D eigenvalue weighted by molar-refractivity contribution is 9.10. The molecule has 0 radical (unpaired) electrons. The molecule has 5 nitrogen and oxygen atoms in total. The van der Waals surface area contributed by atoms with Crippen LogP contribution in [-0.2, 0) is 21.2 Å². The maximum atomic E-state index is 12.7. The van der Waals surface area contributed by atoms with E-state index in [0.29, 0.717) is 12.5 Å². The number of carbonyl (C=O) groups is 1. The standard InChI is InChI=1S/C20H25BrN2O3S/c1-15(2)12-13-22-20(24)19(14-16-6-4-3-5-7-16)23-27(25,26)18-10-8-17(21)9-11-18/h3-11,15,19,23H,12-14H2,1-2H3,(H,22,24)/t19-/m0/s1. The Labute approximate surface area is 169 Å². The molecule has 0 unspecified atom stereocenters. The first-order valence-electron chi connectivity index (χ1n) is 8.87. The average Bonchev–Trinajstić information content (AvgIpc) is 2.62. The highest BCUT2D eigenvalue weighted by Crippen LogP contribution is 2.15. The number of sulfonamides is 1. The molecule has 146 valence electrons. The molecule has 2 N–H and O–H groups in total. The minimum absolute atomic E-state index is 0.124. The summed E-state index contributed by atoms with van der Waals surface area (Å²) < 4.78 is 28.8. The molecular weight excluding hydrogens is 428 g/mol. The summed E-state index contributed by atoms with van der Waals surface area (Å²) in [5.74, 6) is 0.137. The predicted molar refractivity (Wildman–Crippen MR) is 111 cm³/mol. The lowest BCUT2D eigenvalue weighted by Gasteiger charge is -2.19. The van der Waals surface area contributed by atoms with Gasteiger partial charge in [-0.3, -0.25) is 4.79 Å². The van der Waals surface area contributed by atoms with Crippen molar-refractivity contribution in [1.82, 2.24) is 10.0 Å². The van der Waals surface area contributed by atoms with Crippen LogP contribution in [0.15, 0.2) is 64.0 Å². The van der Waals surface area contributed by atoms with E-state index in [1.807, 2.05) is 30.3 Å². The topological polar surface area (TPSA) is 75.3 Å². The molecule has 0 saturated heterocycles. The first-order valence-corrected chi connectivity index (χ1v) is 11.1. The maximum Gasteiger partial charge on any atom is 0.241 e. The molecule has 7 heteroatoms. The zero-order chi connectivity index (χ0) is 19.9. The Bertz CT molecular complexity index is 837. The molecule has 1 atom stereocenters. The van der Waals surface area contributed by atoms with Gasteiger partial charge in [-0.2, -0.15) is 4.72 Å². The van der Waals surface area contributed by atoms with Gasteiger partial charge in [0.15, 0.2) is 0 Å². The van der Waals surface area contributed by atoms with Gasteiger partial charge in [-0.15, -0.1) is 0 Å². The van der Waals surface area contributed by atoms with Gasteiger partial charge in [0, 0.05) is 11.0 Å². The van der Waals surface area contributed by atoms with Crippen LogP contribution >= 0.6 is 15.9 Å². The van der Waals surface area contributed by atoms with E-state index in [0.717, 1.165) is 16.5 Å². The summed E-state index contributed by atoms with van der Waals surface area (Å²) >= 11 is 3.29. The predicted octanol–water partition coefficient (Wildman–Crippen LogP) is 3.50. The summed E-state index contributed by atoms with van der Waals surface area (Å²) in [6.45, 7) is 4.66. The Morgan fingerprint density at radius 3 is 2.26 bits per heavy atom. The van der Waals surface area contributed by atoms with Crippen LogP contribution < -0.4 is 10.0 Å². The van der Waals surface area contributed by atoms with Gasteiger partial charge in [0.25, 0.3) is 0 Å². The molecule has 0 aliphatic carbocycles. The third kappa shape index (κ3) is 7.08. The summed E-state index contributed by atoms with van der Waals surface area (Å²) in [4.78, 5) is 12.8. The molecule has 0 fully saturated rings. The number of benzene rings is 2.